The number of carbonyl (C=O) groups excluding carboxylic acids is 2. The fourth-order valence-electron chi connectivity index (χ4n) is 6.11. The highest BCUT2D eigenvalue weighted by atomic mass is 31.2. The van der Waals surface area contributed by atoms with Crippen LogP contribution >= 0.6 is 7.82 Å². The van der Waals surface area contributed by atoms with E-state index in [0.717, 1.165) is 16.0 Å². The Balaban J connectivity index is 0.00000290. The maximum atomic E-state index is 13.2. The summed E-state index contributed by atoms with van der Waals surface area (Å²) in [4.78, 5) is 76.2. The van der Waals surface area contributed by atoms with E-state index in [1.54, 1.807) is 0 Å². The molecule has 0 spiro atoms. The average Bonchev–Trinajstić information content (AvgIpc) is 3.05. The third kappa shape index (κ3) is 15.2. The molecule has 3 rings (SSSR count). The molecule has 18 heteroatoms. The van der Waals surface area contributed by atoms with E-state index >= 15 is 0 Å². The summed E-state index contributed by atoms with van der Waals surface area (Å²) in [5, 5.41) is 37.1. The highest BCUT2D eigenvalue weighted by Crippen LogP contribution is 2.51. The monoisotopic (exact) mass is 737 g/mol. The molecule has 1 saturated carbocycles. The van der Waals surface area contributed by atoms with Crippen molar-refractivity contribution in [3.8, 4) is 0 Å². The van der Waals surface area contributed by atoms with Gasteiger partial charge in [-0.25, -0.2) is 4.57 Å². The summed E-state index contributed by atoms with van der Waals surface area (Å²) in [5.41, 5.74) is 1.98. The molecule has 0 saturated heterocycles. The van der Waals surface area contributed by atoms with Crippen LogP contribution < -0.4 is 0 Å². The largest absolute Gasteiger partial charge is 0.480 e. The first-order chi connectivity index (χ1) is 24.1. The second-order valence-electron chi connectivity index (χ2n) is 12.1. The molecule has 0 aliphatic heterocycles. The van der Waals surface area contributed by atoms with Crippen LogP contribution in [0.15, 0.2) is 60.7 Å². The smallest absolute Gasteiger partial charge is 0.472 e. The Labute approximate surface area is 294 Å². The van der Waals surface area contributed by atoms with Gasteiger partial charge in [-0.1, -0.05) is 60.7 Å². The SMILES string of the molecule is CN(CC(=O)O)[C@@H](COP(=O)(O)OC1CCC(c2ccccc2)(c2ccccc2)CC1)CN(CCN(CC(=O)O)CC(=O)O)CC(=O)O.O=C=O. The van der Waals surface area contributed by atoms with Crippen LogP contribution in [0.25, 0.3) is 0 Å². The molecule has 0 radical (unpaired) electrons. The number of benzene rings is 2. The van der Waals surface area contributed by atoms with Crippen molar-refractivity contribution >= 4 is 37.9 Å². The Kier molecular flexibility index (Phi) is 17.8. The van der Waals surface area contributed by atoms with E-state index in [1.807, 2.05) is 36.4 Å². The third-order valence-electron chi connectivity index (χ3n) is 8.44. The predicted octanol–water partition coefficient (Wildman–Crippen LogP) is 1.71. The van der Waals surface area contributed by atoms with Crippen LogP contribution in [0.2, 0.25) is 0 Å². The standard InChI is InChI=1S/C32H44N3O12P.CO2/c1-33(19-28(36)37)26(18-34(20-29(38)39)16-17-35(21-30(40)41)22-31(42)43)23-46-48(44,45)47-27-12-14-32(15-13-27,24-8-4-2-5-9-24)25-10-6-3-7-11-25;2-1-3/h2-11,26-27H,12-23H2,1H3,(H,36,37)(H,38,39)(H,40,41)(H,42,43)(H,44,45);/t26-;/m1./s1. The molecule has 1 unspecified atom stereocenters. The van der Waals surface area contributed by atoms with Crippen molar-refractivity contribution in [1.82, 2.24) is 14.7 Å². The van der Waals surface area contributed by atoms with Crippen LogP contribution in [-0.4, -0.2) is 142 Å². The molecule has 0 heterocycles. The van der Waals surface area contributed by atoms with Crippen molar-refractivity contribution < 1.29 is 67.7 Å². The van der Waals surface area contributed by atoms with E-state index in [4.69, 9.17) is 28.8 Å². The van der Waals surface area contributed by atoms with Gasteiger partial charge in [-0.05, 0) is 43.9 Å². The zero-order valence-electron chi connectivity index (χ0n) is 28.1. The molecule has 2 atom stereocenters. The number of nitrogens with zero attached hydrogens (tertiary/aromatic N) is 3. The Hall–Kier alpha value is -4.31. The van der Waals surface area contributed by atoms with Crippen LogP contribution in [0.1, 0.15) is 36.8 Å². The molecule has 2 aromatic carbocycles. The van der Waals surface area contributed by atoms with Crippen molar-refractivity contribution in [2.24, 2.45) is 0 Å². The molecule has 280 valence electrons. The van der Waals surface area contributed by atoms with Gasteiger partial charge in [-0.2, -0.15) is 9.59 Å². The van der Waals surface area contributed by atoms with Crippen LogP contribution in [0.3, 0.4) is 0 Å². The lowest BCUT2D eigenvalue weighted by atomic mass is 9.65. The lowest BCUT2D eigenvalue weighted by Crippen LogP contribution is -2.49. The first-order valence-electron chi connectivity index (χ1n) is 15.9. The fourth-order valence-corrected chi connectivity index (χ4v) is 7.12. The minimum Gasteiger partial charge on any atom is -0.480 e. The van der Waals surface area contributed by atoms with Crippen molar-refractivity contribution in [3.05, 3.63) is 71.8 Å². The lowest BCUT2D eigenvalue weighted by molar-refractivity contribution is -0.191. The summed E-state index contributed by atoms with van der Waals surface area (Å²) in [5.74, 6) is -4.98. The number of carboxylic acids is 4. The quantitative estimate of drug-likeness (QED) is 0.114. The second kappa shape index (κ2) is 21.1. The number of likely N-dealkylation sites (N-methyl/N-ethyl adjacent to an activating group) is 1. The Morgan fingerprint density at radius 3 is 1.63 bits per heavy atom. The zero-order chi connectivity index (χ0) is 38.0. The fraction of sp³-hybridized carbons (Fsp3) is 0.485. The Morgan fingerprint density at radius 2 is 1.20 bits per heavy atom. The summed E-state index contributed by atoms with van der Waals surface area (Å²) >= 11 is 0. The van der Waals surface area contributed by atoms with Gasteiger partial charge in [0, 0.05) is 31.1 Å². The van der Waals surface area contributed by atoms with E-state index in [1.165, 1.54) is 16.8 Å². The molecule has 51 heavy (non-hydrogen) atoms. The first kappa shape index (κ1) is 42.9. The highest BCUT2D eigenvalue weighted by molar-refractivity contribution is 7.47. The van der Waals surface area contributed by atoms with Gasteiger partial charge in [0.05, 0.1) is 38.9 Å². The van der Waals surface area contributed by atoms with Crippen molar-refractivity contribution in [2.45, 2.75) is 43.2 Å². The molecular weight excluding hydrogens is 693 g/mol. The maximum absolute atomic E-state index is 13.2. The minimum absolute atomic E-state index is 0.0930. The Bertz CT molecular complexity index is 1440. The van der Waals surface area contributed by atoms with Gasteiger partial charge in [0.1, 0.15) is 0 Å². The van der Waals surface area contributed by atoms with Gasteiger partial charge in [0.15, 0.2) is 0 Å². The molecule has 1 aliphatic carbocycles. The molecule has 0 bridgehead atoms. The van der Waals surface area contributed by atoms with E-state index in [9.17, 15) is 38.8 Å². The number of hydrogen-bond donors (Lipinski definition) is 5. The number of aliphatic carboxylic acids is 4. The predicted molar refractivity (Wildman–Crippen MR) is 178 cm³/mol. The van der Waals surface area contributed by atoms with E-state index in [2.05, 4.69) is 24.3 Å². The Morgan fingerprint density at radius 1 is 0.784 bits per heavy atom. The van der Waals surface area contributed by atoms with Crippen molar-refractivity contribution in [1.29, 1.82) is 0 Å². The number of carboxylic acid groups (broad SMARTS) is 4. The number of carbonyl (C=O) groups is 4. The van der Waals surface area contributed by atoms with Gasteiger partial charge in [-0.15, -0.1) is 0 Å². The zero-order valence-corrected chi connectivity index (χ0v) is 29.0. The lowest BCUT2D eigenvalue weighted by Gasteiger charge is -2.41. The summed E-state index contributed by atoms with van der Waals surface area (Å²) in [6.45, 7) is -3.12. The first-order valence-corrected chi connectivity index (χ1v) is 17.4. The van der Waals surface area contributed by atoms with Crippen molar-refractivity contribution in [3.63, 3.8) is 0 Å². The molecular formula is C33H44N3O14P. The minimum atomic E-state index is -4.66. The molecule has 2 aromatic rings. The third-order valence-corrected chi connectivity index (χ3v) is 9.48. The summed E-state index contributed by atoms with van der Waals surface area (Å²) in [6, 6.07) is 19.2. The van der Waals surface area contributed by atoms with Gasteiger partial charge in [0.2, 0.25) is 0 Å². The summed E-state index contributed by atoms with van der Waals surface area (Å²) < 4.78 is 24.1. The molecule has 0 amide bonds. The van der Waals surface area contributed by atoms with Crippen LogP contribution in [0.4, 0.5) is 0 Å². The van der Waals surface area contributed by atoms with Crippen LogP contribution in [0.5, 0.6) is 0 Å². The summed E-state index contributed by atoms with van der Waals surface area (Å²) in [7, 11) is -3.23. The van der Waals surface area contributed by atoms with Gasteiger partial charge < -0.3 is 25.3 Å². The average molecular weight is 738 g/mol. The number of hydrogen-bond acceptors (Lipinski definition) is 12. The topological polar surface area (TPSA) is 249 Å². The number of rotatable bonds is 21. The number of phosphoric ester groups is 1. The van der Waals surface area contributed by atoms with E-state index in [0.29, 0.717) is 25.7 Å². The molecule has 17 nitrogen and oxygen atoms in total. The van der Waals surface area contributed by atoms with Crippen LogP contribution in [0, 0.1) is 0 Å². The molecule has 1 fully saturated rings. The highest BCUT2D eigenvalue weighted by Gasteiger charge is 2.41. The van der Waals surface area contributed by atoms with Crippen LogP contribution in [-0.2, 0) is 47.8 Å². The maximum Gasteiger partial charge on any atom is 0.472 e. The van der Waals surface area contributed by atoms with E-state index < -0.39 is 76.6 Å². The van der Waals surface area contributed by atoms with Gasteiger partial charge in [-0.3, -0.25) is 42.9 Å². The van der Waals surface area contributed by atoms with Gasteiger partial charge >= 0.3 is 37.9 Å². The normalized spacial score (nSPS) is 16.0. The molecule has 1 aliphatic rings. The number of phosphoric acid groups is 1. The second-order valence-corrected chi connectivity index (χ2v) is 13.5. The van der Waals surface area contributed by atoms with Gasteiger partial charge in [0.25, 0.3) is 0 Å². The summed E-state index contributed by atoms with van der Waals surface area (Å²) in [6.07, 6.45) is 1.90. The van der Waals surface area contributed by atoms with E-state index in [-0.39, 0.29) is 31.2 Å². The molecule has 5 N–H and O–H groups in total. The van der Waals surface area contributed by atoms with Crippen molar-refractivity contribution in [2.75, 3.05) is 59.5 Å². The molecule has 0 aromatic heterocycles.